The van der Waals surface area contributed by atoms with Crippen LogP contribution in [0.3, 0.4) is 0 Å². The fourth-order valence-electron chi connectivity index (χ4n) is 9.05. The van der Waals surface area contributed by atoms with E-state index < -0.39 is 11.7 Å². The lowest BCUT2D eigenvalue weighted by Gasteiger charge is -2.69. The van der Waals surface area contributed by atoms with Gasteiger partial charge < -0.3 is 10.2 Å². The van der Waals surface area contributed by atoms with Crippen LogP contribution in [0.2, 0.25) is 0 Å². The van der Waals surface area contributed by atoms with Crippen molar-refractivity contribution in [3.63, 3.8) is 0 Å². The van der Waals surface area contributed by atoms with E-state index in [4.69, 9.17) is 4.99 Å². The normalized spacial score (nSPS) is 67.6. The number of nitrogens with zero attached hydrogens (tertiary/aromatic N) is 1. The van der Waals surface area contributed by atoms with E-state index in [9.17, 15) is 10.2 Å². The summed E-state index contributed by atoms with van der Waals surface area (Å²) in [5.74, 6) is 1.20. The maximum atomic E-state index is 12.2. The molecule has 23 heavy (non-hydrogen) atoms. The molecule has 6 bridgehead atoms. The Labute approximate surface area is 137 Å². The molecule has 2 spiro atoms. The van der Waals surface area contributed by atoms with Crippen LogP contribution in [-0.2, 0) is 0 Å². The standard InChI is InChI=1S/C20H27NO2/c1-11-12-8-13-15-19-6-3-5-17(2,10-21-15)14(19)4-7-18(13,16(11)22)20(19,23)9-12/h10,12-16,22-23H,1,3-9H2,2H3. The summed E-state index contributed by atoms with van der Waals surface area (Å²) < 4.78 is 0. The molecule has 9 atom stereocenters. The van der Waals surface area contributed by atoms with Crippen molar-refractivity contribution >= 4 is 6.21 Å². The number of rotatable bonds is 0. The molecule has 0 amide bonds. The van der Waals surface area contributed by atoms with E-state index in [-0.39, 0.29) is 22.3 Å². The van der Waals surface area contributed by atoms with Crippen LogP contribution in [0.1, 0.15) is 51.9 Å². The molecule has 124 valence electrons. The highest BCUT2D eigenvalue weighted by molar-refractivity contribution is 5.69. The van der Waals surface area contributed by atoms with Gasteiger partial charge in [-0.3, -0.25) is 4.99 Å². The number of aliphatic hydroxyl groups excluding tert-OH is 1. The van der Waals surface area contributed by atoms with E-state index in [1.165, 1.54) is 12.8 Å². The quantitative estimate of drug-likeness (QED) is 0.676. The summed E-state index contributed by atoms with van der Waals surface area (Å²) in [5.41, 5.74) is 0.00184. The number of aliphatic hydroxyl groups is 2. The van der Waals surface area contributed by atoms with Crippen molar-refractivity contribution in [1.82, 2.24) is 0 Å². The van der Waals surface area contributed by atoms with Crippen LogP contribution < -0.4 is 0 Å². The predicted molar refractivity (Wildman–Crippen MR) is 88.1 cm³/mol. The van der Waals surface area contributed by atoms with Gasteiger partial charge in [0.05, 0.1) is 17.7 Å². The maximum Gasteiger partial charge on any atom is 0.0837 e. The van der Waals surface area contributed by atoms with Gasteiger partial charge in [0.15, 0.2) is 0 Å². The van der Waals surface area contributed by atoms with Gasteiger partial charge in [-0.1, -0.05) is 19.9 Å². The van der Waals surface area contributed by atoms with Crippen LogP contribution in [0.4, 0.5) is 0 Å². The third-order valence-corrected chi connectivity index (χ3v) is 9.65. The van der Waals surface area contributed by atoms with E-state index in [0.717, 1.165) is 37.7 Å². The molecular formula is C20H27NO2. The van der Waals surface area contributed by atoms with Crippen LogP contribution in [0.15, 0.2) is 17.1 Å². The van der Waals surface area contributed by atoms with Gasteiger partial charge >= 0.3 is 0 Å². The van der Waals surface area contributed by atoms with Crippen LogP contribution in [0.5, 0.6) is 0 Å². The lowest BCUT2D eigenvalue weighted by atomic mass is 9.38. The average molecular weight is 313 g/mol. The number of fused-ring (bicyclic) bond motifs is 1. The van der Waals surface area contributed by atoms with E-state index in [2.05, 4.69) is 19.7 Å². The first-order valence-corrected chi connectivity index (χ1v) is 9.54. The van der Waals surface area contributed by atoms with Gasteiger partial charge in [0.25, 0.3) is 0 Å². The minimum Gasteiger partial charge on any atom is -0.388 e. The van der Waals surface area contributed by atoms with E-state index >= 15 is 0 Å². The molecule has 0 aromatic heterocycles. The molecule has 1 heterocycles. The third-order valence-electron chi connectivity index (χ3n) is 9.65. The molecule has 6 aliphatic carbocycles. The van der Waals surface area contributed by atoms with Gasteiger partial charge in [0, 0.05) is 22.5 Å². The van der Waals surface area contributed by atoms with Gasteiger partial charge in [-0.15, -0.1) is 0 Å². The van der Waals surface area contributed by atoms with Crippen molar-refractivity contribution in [1.29, 1.82) is 0 Å². The minimum absolute atomic E-state index is 0.0753. The highest BCUT2D eigenvalue weighted by atomic mass is 16.3. The molecule has 7 aliphatic rings. The largest absolute Gasteiger partial charge is 0.388 e. The Morgan fingerprint density at radius 2 is 2.09 bits per heavy atom. The van der Waals surface area contributed by atoms with E-state index in [1.54, 1.807) is 0 Å². The molecule has 7 rings (SSSR count). The Morgan fingerprint density at radius 3 is 2.91 bits per heavy atom. The zero-order valence-electron chi connectivity index (χ0n) is 14.0. The molecule has 1 aliphatic heterocycles. The maximum absolute atomic E-state index is 12.2. The van der Waals surface area contributed by atoms with Crippen LogP contribution >= 0.6 is 0 Å². The lowest BCUT2D eigenvalue weighted by molar-refractivity contribution is -0.272. The first-order valence-electron chi connectivity index (χ1n) is 9.54. The molecule has 2 N–H and O–H groups in total. The van der Waals surface area contributed by atoms with Crippen LogP contribution in [0.25, 0.3) is 0 Å². The van der Waals surface area contributed by atoms with Crippen molar-refractivity contribution in [3.05, 3.63) is 12.2 Å². The molecule has 0 aromatic rings. The van der Waals surface area contributed by atoms with Gasteiger partial charge in [0.1, 0.15) is 0 Å². The van der Waals surface area contributed by atoms with Crippen molar-refractivity contribution < 1.29 is 10.2 Å². The van der Waals surface area contributed by atoms with E-state index in [0.29, 0.717) is 17.8 Å². The molecule has 9 unspecified atom stereocenters. The molecule has 3 nitrogen and oxygen atoms in total. The SMILES string of the molecule is C=C1C2CC3C4N=CC5(C)CCCC46C5CCC3(C1O)C6(O)C2. The molecule has 0 radical (unpaired) electrons. The lowest BCUT2D eigenvalue weighted by Crippen LogP contribution is -2.73. The summed E-state index contributed by atoms with van der Waals surface area (Å²) >= 11 is 0. The van der Waals surface area contributed by atoms with Gasteiger partial charge in [-0.25, -0.2) is 0 Å². The smallest absolute Gasteiger partial charge is 0.0837 e. The van der Waals surface area contributed by atoms with E-state index in [1.807, 2.05) is 0 Å². The molecule has 6 saturated carbocycles. The number of hydrogen-bond donors (Lipinski definition) is 2. The van der Waals surface area contributed by atoms with Crippen LogP contribution in [0, 0.1) is 34.0 Å². The first kappa shape index (κ1) is 13.6. The fraction of sp³-hybridized carbons (Fsp3) is 0.850. The summed E-state index contributed by atoms with van der Waals surface area (Å²) in [6, 6.07) is 0.237. The summed E-state index contributed by atoms with van der Waals surface area (Å²) in [6.45, 7) is 6.60. The van der Waals surface area contributed by atoms with Gasteiger partial charge in [-0.05, 0) is 61.9 Å². The Morgan fingerprint density at radius 1 is 1.26 bits per heavy atom. The zero-order chi connectivity index (χ0) is 15.8. The average Bonchev–Trinajstić information content (AvgIpc) is 2.60. The second kappa shape index (κ2) is 3.48. The molecule has 6 fully saturated rings. The topological polar surface area (TPSA) is 52.8 Å². The zero-order valence-corrected chi connectivity index (χ0v) is 14.0. The number of aliphatic imine (C=N–C) groups is 1. The Balaban J connectivity index is 1.68. The predicted octanol–water partition coefficient (Wildman–Crippen LogP) is 2.71. The Bertz CT molecular complexity index is 673. The molecular weight excluding hydrogens is 286 g/mol. The van der Waals surface area contributed by atoms with Crippen molar-refractivity contribution in [2.24, 2.45) is 39.0 Å². The summed E-state index contributed by atoms with van der Waals surface area (Å²) in [7, 11) is 0. The van der Waals surface area contributed by atoms with Crippen molar-refractivity contribution in [3.8, 4) is 0 Å². The highest BCUT2D eigenvalue weighted by Gasteiger charge is 2.86. The van der Waals surface area contributed by atoms with Gasteiger partial charge in [0.2, 0.25) is 0 Å². The Kier molecular flexibility index (Phi) is 2.06. The van der Waals surface area contributed by atoms with Gasteiger partial charge in [-0.2, -0.15) is 0 Å². The second-order valence-corrected chi connectivity index (χ2v) is 9.84. The molecule has 0 saturated heterocycles. The highest BCUT2D eigenvalue weighted by Crippen LogP contribution is 2.83. The third kappa shape index (κ3) is 1.02. The van der Waals surface area contributed by atoms with Crippen LogP contribution in [-0.4, -0.2) is 34.2 Å². The Hall–Kier alpha value is -0.670. The van der Waals surface area contributed by atoms with Crippen molar-refractivity contribution in [2.75, 3.05) is 0 Å². The number of hydrogen-bond acceptors (Lipinski definition) is 3. The molecule has 3 heteroatoms. The monoisotopic (exact) mass is 313 g/mol. The first-order chi connectivity index (χ1) is 10.9. The minimum atomic E-state index is -0.721. The molecule has 0 aromatic carbocycles. The fourth-order valence-corrected chi connectivity index (χ4v) is 9.05. The summed E-state index contributed by atoms with van der Waals surface area (Å²) in [6.07, 6.45) is 9.28. The van der Waals surface area contributed by atoms with Crippen molar-refractivity contribution in [2.45, 2.75) is 69.6 Å². The summed E-state index contributed by atoms with van der Waals surface area (Å²) in [4.78, 5) is 5.11. The summed E-state index contributed by atoms with van der Waals surface area (Å²) in [5, 5.41) is 23.4. The second-order valence-electron chi connectivity index (χ2n) is 9.84.